The summed E-state index contributed by atoms with van der Waals surface area (Å²) in [6.45, 7) is 9.55. The molecule has 0 aliphatic carbocycles. The third-order valence-electron chi connectivity index (χ3n) is 2.31. The molecule has 22 heavy (non-hydrogen) atoms. The monoisotopic (exact) mass is 445 g/mol. The van der Waals surface area contributed by atoms with Crippen LogP contribution in [0.4, 0.5) is 0 Å². The van der Waals surface area contributed by atoms with Crippen LogP contribution in [0.1, 0.15) is 27.7 Å². The first-order chi connectivity index (χ1) is 10.5. The number of rotatable bonds is 11. The number of halogens is 1. The summed E-state index contributed by atoms with van der Waals surface area (Å²) >= 11 is -3.18. The third-order valence-corrected chi connectivity index (χ3v) is 12.5. The second-order valence-electron chi connectivity index (χ2n) is 4.27. The van der Waals surface area contributed by atoms with E-state index in [-0.39, 0.29) is 11.9 Å². The predicted octanol–water partition coefficient (Wildman–Crippen LogP) is 0.823. The number of phenols is 1. The molecule has 0 aliphatic rings. The quantitative estimate of drug-likeness (QED) is 0.510. The van der Waals surface area contributed by atoms with Crippen molar-refractivity contribution >= 4 is 8.93 Å². The zero-order valence-corrected chi connectivity index (χ0v) is 16.6. The summed E-state index contributed by atoms with van der Waals surface area (Å²) in [7, 11) is 1.60. The average molecular weight is 445 g/mol. The van der Waals surface area contributed by atoms with Crippen LogP contribution in [0.5, 0.6) is 11.5 Å². The van der Waals surface area contributed by atoms with Crippen molar-refractivity contribution in [3.05, 3.63) is 24.3 Å². The van der Waals surface area contributed by atoms with E-state index in [1.807, 2.05) is 33.8 Å². The summed E-state index contributed by atoms with van der Waals surface area (Å²) in [5, 5.41) is 9.46. The van der Waals surface area contributed by atoms with Gasteiger partial charge in [0, 0.05) is 0 Å². The first-order valence-electron chi connectivity index (χ1n) is 7.36. The van der Waals surface area contributed by atoms with Crippen LogP contribution in [0.2, 0.25) is 0 Å². The first-order valence-corrected chi connectivity index (χ1v) is 13.5. The number of ether oxygens (including phenoxy) is 1. The van der Waals surface area contributed by atoms with Gasteiger partial charge in [0.25, 0.3) is 0 Å². The van der Waals surface area contributed by atoms with Crippen molar-refractivity contribution in [3.8, 4) is 11.5 Å². The Kier molecular flexibility index (Phi) is 9.49. The van der Waals surface area contributed by atoms with Crippen molar-refractivity contribution in [2.75, 3.05) is 25.6 Å². The van der Waals surface area contributed by atoms with Gasteiger partial charge in [0.2, 0.25) is 0 Å². The van der Waals surface area contributed by atoms with Crippen LogP contribution in [-0.2, 0) is 9.20 Å². The normalized spacial score (nSPS) is 13.8. The molecule has 5 nitrogen and oxygen atoms in total. The molecule has 0 saturated heterocycles. The van der Waals surface area contributed by atoms with Crippen LogP contribution >= 0.6 is 8.93 Å². The molecule has 0 aliphatic heterocycles. The molecule has 0 bridgehead atoms. The second-order valence-corrected chi connectivity index (χ2v) is 13.3. The van der Waals surface area contributed by atoms with Gasteiger partial charge < -0.3 is 0 Å². The van der Waals surface area contributed by atoms with Gasteiger partial charge in [-0.05, 0) is 0 Å². The molecule has 0 spiro atoms. The molecule has 0 radical (unpaired) electrons. The van der Waals surface area contributed by atoms with E-state index in [1.165, 1.54) is 0 Å². The molecule has 1 aromatic carbocycles. The maximum absolute atomic E-state index is 9.46. The zero-order valence-electron chi connectivity index (χ0n) is 13.6. The summed E-state index contributed by atoms with van der Waals surface area (Å²) in [4.78, 5) is 0. The summed E-state index contributed by atoms with van der Waals surface area (Å²) in [6, 6.07) is 6.80. The van der Waals surface area contributed by atoms with Gasteiger partial charge >= 0.3 is 141 Å². The molecule has 130 valence electrons. The Balaban J connectivity index is 2.58. The summed E-state index contributed by atoms with van der Waals surface area (Å²) in [5.41, 5.74) is 0. The Morgan fingerprint density at radius 3 is 2.18 bits per heavy atom. The zero-order chi connectivity index (χ0) is 16.4. The molecule has 0 aromatic heterocycles. The van der Waals surface area contributed by atoms with E-state index in [1.54, 1.807) is 27.1 Å². The Morgan fingerprint density at radius 1 is 1.09 bits per heavy atom. The van der Waals surface area contributed by atoms with Crippen LogP contribution in [0.25, 0.3) is 0 Å². The molecule has 1 aromatic rings. The Morgan fingerprint density at radius 2 is 1.68 bits per heavy atom. The molecule has 0 unspecified atom stereocenters. The van der Waals surface area contributed by atoms with Crippen molar-refractivity contribution in [3.63, 3.8) is 0 Å². The number of hydrogen-bond acceptors (Lipinski definition) is 6. The SMILES string of the molecule is CCO[I-](OCC)(OCC)SC[C@@H](C)Oc1cccc(O)c1. The Hall–Kier alpha value is -0.220. The van der Waals surface area contributed by atoms with Crippen LogP contribution in [0.15, 0.2) is 24.3 Å². The van der Waals surface area contributed by atoms with E-state index in [9.17, 15) is 5.11 Å². The number of benzene rings is 1. The van der Waals surface area contributed by atoms with Gasteiger partial charge in [0.1, 0.15) is 0 Å². The Labute approximate surface area is 141 Å². The minimum atomic E-state index is -3.18. The van der Waals surface area contributed by atoms with Gasteiger partial charge in [0.05, 0.1) is 0 Å². The molecule has 7 heteroatoms. The molecule has 1 rings (SSSR count). The standard InChI is InChI=1S/C15H26IO5S/c1-5-18-16(19-6-2,20-7-3)22-12-13(4)21-15-10-8-9-14(17)11-15/h8-11,13,17H,5-7,12H2,1-4H3/q-1/t13-/m1/s1. The van der Waals surface area contributed by atoms with Gasteiger partial charge in [-0.2, -0.15) is 0 Å². The van der Waals surface area contributed by atoms with Gasteiger partial charge in [-0.25, -0.2) is 0 Å². The van der Waals surface area contributed by atoms with Crippen molar-refractivity contribution < 1.29 is 37.3 Å². The van der Waals surface area contributed by atoms with Crippen molar-refractivity contribution in [1.82, 2.24) is 0 Å². The first kappa shape index (κ1) is 19.8. The van der Waals surface area contributed by atoms with Crippen LogP contribution in [0.3, 0.4) is 0 Å². The van der Waals surface area contributed by atoms with Gasteiger partial charge in [-0.15, -0.1) is 0 Å². The summed E-state index contributed by atoms with van der Waals surface area (Å²) < 4.78 is 23.3. The molecule has 0 amide bonds. The molecule has 1 N–H and O–H groups in total. The average Bonchev–Trinajstić information content (AvgIpc) is 2.46. The van der Waals surface area contributed by atoms with E-state index in [0.717, 1.165) is 0 Å². The van der Waals surface area contributed by atoms with E-state index in [2.05, 4.69) is 0 Å². The van der Waals surface area contributed by atoms with Crippen molar-refractivity contribution in [2.24, 2.45) is 0 Å². The van der Waals surface area contributed by atoms with E-state index < -0.39 is 18.3 Å². The van der Waals surface area contributed by atoms with Gasteiger partial charge in [-0.1, -0.05) is 0 Å². The van der Waals surface area contributed by atoms with E-state index in [4.69, 9.17) is 13.9 Å². The Bertz CT molecular complexity index is 415. The fourth-order valence-electron chi connectivity index (χ4n) is 1.58. The molecular weight excluding hydrogens is 419 g/mol. The molecule has 0 saturated carbocycles. The van der Waals surface area contributed by atoms with Crippen LogP contribution in [-0.4, -0.2) is 36.8 Å². The number of phenolic OH excluding ortho intramolecular Hbond substituents is 1. The summed E-state index contributed by atoms with van der Waals surface area (Å²) in [6.07, 6.45) is -0.0452. The topological polar surface area (TPSA) is 57.2 Å². The fourth-order valence-corrected chi connectivity index (χ4v) is 11.2. The number of hydrogen-bond donors (Lipinski definition) is 1. The predicted molar refractivity (Wildman–Crippen MR) is 85.5 cm³/mol. The van der Waals surface area contributed by atoms with E-state index in [0.29, 0.717) is 31.3 Å². The molecular formula is C15H26IO5S-. The molecule has 0 heterocycles. The molecule has 0 fully saturated rings. The van der Waals surface area contributed by atoms with Crippen LogP contribution < -0.4 is 23.0 Å². The van der Waals surface area contributed by atoms with Gasteiger partial charge in [-0.3, -0.25) is 0 Å². The molecule has 1 atom stereocenters. The van der Waals surface area contributed by atoms with E-state index >= 15 is 0 Å². The summed E-state index contributed by atoms with van der Waals surface area (Å²) in [5.74, 6) is 1.54. The van der Waals surface area contributed by atoms with Crippen molar-refractivity contribution in [2.45, 2.75) is 33.8 Å². The van der Waals surface area contributed by atoms with Crippen molar-refractivity contribution in [1.29, 1.82) is 0 Å². The minimum absolute atomic E-state index is 0.0452. The second kappa shape index (κ2) is 10.5. The number of aromatic hydroxyl groups is 1. The van der Waals surface area contributed by atoms with Crippen LogP contribution in [0, 0.1) is 0 Å². The van der Waals surface area contributed by atoms with Gasteiger partial charge in [0.15, 0.2) is 0 Å². The fraction of sp³-hybridized carbons (Fsp3) is 0.600. The third kappa shape index (κ3) is 6.91. The maximum atomic E-state index is 9.46.